The zero-order chi connectivity index (χ0) is 33.7. The minimum Gasteiger partial charge on any atom is -0.456 e. The smallest absolute Gasteiger partial charge is 0.303 e. The topological polar surface area (TPSA) is 147 Å². The number of likely N-dealkylation sites (N-methyl/N-ethyl adjacent to an activating group) is 1. The molecule has 2 rings (SSSR count). The fourth-order valence-electron chi connectivity index (χ4n) is 5.78. The van der Waals surface area contributed by atoms with Crippen molar-refractivity contribution >= 4 is 64.2 Å². The number of ether oxygens (including phenoxy) is 5. The third kappa shape index (κ3) is 12.9. The summed E-state index contributed by atoms with van der Waals surface area (Å²) in [4.78, 5) is 63.8. The summed E-state index contributed by atoms with van der Waals surface area (Å²) in [6.45, 7) is 11.0. The van der Waals surface area contributed by atoms with Gasteiger partial charge in [-0.15, -0.1) is 11.8 Å². The van der Waals surface area contributed by atoms with Gasteiger partial charge in [-0.3, -0.25) is 28.9 Å². The van der Waals surface area contributed by atoms with E-state index in [-0.39, 0.29) is 22.3 Å². The number of nitrogens with zero attached hydrogens (tertiary/aromatic N) is 1. The van der Waals surface area contributed by atoms with E-state index in [9.17, 15) is 24.0 Å². The molecule has 0 radical (unpaired) electrons. The first-order valence-electron chi connectivity index (χ1n) is 15.3. The van der Waals surface area contributed by atoms with E-state index in [1.807, 2.05) is 14.0 Å². The van der Waals surface area contributed by atoms with E-state index in [4.69, 9.17) is 23.7 Å². The molecule has 0 spiro atoms. The molecular weight excluding hydrogens is 645 g/mol. The largest absolute Gasteiger partial charge is 0.456 e. The summed E-state index contributed by atoms with van der Waals surface area (Å²) in [6, 6.07) is -1.03. The predicted octanol–water partition coefficient (Wildman–Crippen LogP) is 2.89. The highest BCUT2D eigenvalue weighted by atomic mass is 32.2. The molecule has 0 aromatic heterocycles. The van der Waals surface area contributed by atoms with Gasteiger partial charge >= 0.3 is 17.9 Å². The van der Waals surface area contributed by atoms with Crippen LogP contribution in [-0.4, -0.2) is 126 Å². The van der Waals surface area contributed by atoms with Crippen LogP contribution in [0, 0.1) is 5.92 Å². The van der Waals surface area contributed by atoms with Crippen molar-refractivity contribution in [1.82, 2.24) is 10.2 Å². The summed E-state index contributed by atoms with van der Waals surface area (Å²) in [7, 11) is 1.94. The maximum atomic E-state index is 13.9. The van der Waals surface area contributed by atoms with Gasteiger partial charge in [-0.2, -0.15) is 11.8 Å². The summed E-state index contributed by atoms with van der Waals surface area (Å²) in [5, 5.41) is 2.99. The Bertz CT molecular complexity index is 1010. The van der Waals surface area contributed by atoms with Crippen molar-refractivity contribution in [3.63, 3.8) is 0 Å². The summed E-state index contributed by atoms with van der Waals surface area (Å²) >= 11 is 4.01. The molecule has 0 bridgehead atoms. The van der Waals surface area contributed by atoms with Crippen LogP contribution in [0.15, 0.2) is 0 Å². The lowest BCUT2D eigenvalue weighted by atomic mass is 9.92. The van der Waals surface area contributed by atoms with Gasteiger partial charge in [-0.25, -0.2) is 0 Å². The molecule has 0 saturated carbocycles. The zero-order valence-electron chi connectivity index (χ0n) is 27.6. The average Bonchev–Trinajstić information content (AvgIpc) is 3.32. The van der Waals surface area contributed by atoms with Crippen LogP contribution in [0.2, 0.25) is 0 Å². The summed E-state index contributed by atoms with van der Waals surface area (Å²) in [6.07, 6.45) is 0.215. The maximum absolute atomic E-state index is 13.9. The minimum absolute atomic E-state index is 0.0375. The monoisotopic (exact) mass is 694 g/mol. The van der Waals surface area contributed by atoms with Crippen LogP contribution in [0.4, 0.5) is 0 Å². The van der Waals surface area contributed by atoms with Crippen molar-refractivity contribution in [2.75, 3.05) is 44.6 Å². The molecule has 0 aromatic carbocycles. The number of esters is 3. The quantitative estimate of drug-likeness (QED) is 0.135. The molecule has 1 unspecified atom stereocenters. The van der Waals surface area contributed by atoms with E-state index >= 15 is 0 Å². The molecule has 1 N–H and O–H groups in total. The van der Waals surface area contributed by atoms with Crippen molar-refractivity contribution in [1.29, 1.82) is 0 Å². The van der Waals surface area contributed by atoms with Gasteiger partial charge in [0.1, 0.15) is 11.5 Å². The number of thioether (sulfide) groups is 3. The first kappa shape index (κ1) is 39.7. The third-order valence-electron chi connectivity index (χ3n) is 7.61. The molecule has 0 aliphatic carbocycles. The second-order valence-corrected chi connectivity index (χ2v) is 15.0. The van der Waals surface area contributed by atoms with Crippen LogP contribution >= 0.6 is 35.3 Å². The standard InChI is InChI=1S/C30H50N2O10S3/c1-9-10-22-15-23(32(7)16-22)29(37)31-24(17(2)44-13-11-38-12-14-45-21(6)36)25-26(39-18(3)33)27(40-19(4)34)28(41-20(5)35)30(42-25)43-8/h17,22-28,30H,9-16H2,1-8H3,(H,31,37)/t17-,22-,23+,24?,25-,26+,27+,28-,30-/m1/s1. The first-order valence-corrected chi connectivity index (χ1v) is 18.6. The zero-order valence-corrected chi connectivity index (χ0v) is 30.1. The first-order chi connectivity index (χ1) is 21.3. The maximum Gasteiger partial charge on any atom is 0.303 e. The highest BCUT2D eigenvalue weighted by Crippen LogP contribution is 2.37. The molecule has 12 nitrogen and oxygen atoms in total. The number of likely N-dealkylation sites (tertiary alicyclic amines) is 1. The van der Waals surface area contributed by atoms with Gasteiger partial charge in [0.05, 0.1) is 25.3 Å². The van der Waals surface area contributed by atoms with Crippen LogP contribution in [0.5, 0.6) is 0 Å². The number of carbonyl (C=O) groups excluding carboxylic acids is 5. The molecule has 258 valence electrons. The number of hydrogen-bond donors (Lipinski definition) is 1. The number of amides is 1. The lowest BCUT2D eigenvalue weighted by molar-refractivity contribution is -0.235. The Balaban J connectivity index is 2.39. The van der Waals surface area contributed by atoms with Gasteiger partial charge in [-0.1, -0.05) is 32.0 Å². The Kier molecular flexibility index (Phi) is 17.6. The van der Waals surface area contributed by atoms with Gasteiger partial charge in [0.15, 0.2) is 23.4 Å². The molecular formula is C30H50N2O10S3. The van der Waals surface area contributed by atoms with E-state index in [2.05, 4.69) is 17.1 Å². The highest BCUT2D eigenvalue weighted by molar-refractivity contribution is 8.13. The fourth-order valence-corrected chi connectivity index (χ4v) is 8.01. The van der Waals surface area contributed by atoms with E-state index in [1.165, 1.54) is 51.2 Å². The van der Waals surface area contributed by atoms with Crippen molar-refractivity contribution in [2.24, 2.45) is 5.92 Å². The Morgan fingerprint density at radius 3 is 2.11 bits per heavy atom. The Morgan fingerprint density at radius 1 is 0.933 bits per heavy atom. The van der Waals surface area contributed by atoms with Crippen LogP contribution < -0.4 is 5.32 Å². The molecule has 45 heavy (non-hydrogen) atoms. The number of rotatable bonds is 17. The number of carbonyl (C=O) groups is 5. The van der Waals surface area contributed by atoms with E-state index in [1.54, 1.807) is 18.0 Å². The molecule has 2 saturated heterocycles. The molecule has 1 amide bonds. The highest BCUT2D eigenvalue weighted by Gasteiger charge is 2.55. The lowest BCUT2D eigenvalue weighted by Crippen LogP contribution is -2.67. The molecule has 15 heteroatoms. The van der Waals surface area contributed by atoms with Gasteiger partial charge in [-0.05, 0) is 32.1 Å². The Morgan fingerprint density at radius 2 is 1.53 bits per heavy atom. The summed E-state index contributed by atoms with van der Waals surface area (Å²) < 4.78 is 29.2. The predicted molar refractivity (Wildman–Crippen MR) is 176 cm³/mol. The van der Waals surface area contributed by atoms with E-state index < -0.39 is 53.8 Å². The third-order valence-corrected chi connectivity index (χ3v) is 10.5. The summed E-state index contributed by atoms with van der Waals surface area (Å²) in [5.41, 5.74) is -0.781. The van der Waals surface area contributed by atoms with Crippen LogP contribution in [0.3, 0.4) is 0 Å². The second-order valence-electron chi connectivity index (χ2n) is 11.3. The minimum atomic E-state index is -1.18. The van der Waals surface area contributed by atoms with Crippen LogP contribution in [0.25, 0.3) is 0 Å². The molecule has 2 aliphatic heterocycles. The summed E-state index contributed by atoms with van der Waals surface area (Å²) in [5.74, 6) is -0.496. The number of nitrogens with one attached hydrogen (secondary N) is 1. The average molecular weight is 695 g/mol. The Labute approximate surface area is 279 Å². The molecule has 9 atom stereocenters. The molecule has 2 fully saturated rings. The van der Waals surface area contributed by atoms with Crippen LogP contribution in [-0.2, 0) is 47.7 Å². The lowest BCUT2D eigenvalue weighted by Gasteiger charge is -2.47. The normalized spacial score (nSPS) is 28.1. The second kappa shape index (κ2) is 20.0. The van der Waals surface area contributed by atoms with Gasteiger partial charge in [0.2, 0.25) is 5.91 Å². The molecule has 2 heterocycles. The van der Waals surface area contributed by atoms with Crippen LogP contribution in [0.1, 0.15) is 60.8 Å². The molecule has 2 aliphatic rings. The van der Waals surface area contributed by atoms with E-state index in [0.717, 1.165) is 25.8 Å². The van der Waals surface area contributed by atoms with Gasteiger partial charge < -0.3 is 29.0 Å². The van der Waals surface area contributed by atoms with Gasteiger partial charge in [0, 0.05) is 51.0 Å². The van der Waals surface area contributed by atoms with Crippen molar-refractivity contribution < 1.29 is 47.7 Å². The van der Waals surface area contributed by atoms with Gasteiger partial charge in [0.25, 0.3) is 0 Å². The van der Waals surface area contributed by atoms with Crippen molar-refractivity contribution in [2.45, 2.75) is 108 Å². The number of hydrogen-bond acceptors (Lipinski definition) is 14. The van der Waals surface area contributed by atoms with E-state index in [0.29, 0.717) is 30.6 Å². The van der Waals surface area contributed by atoms with Crippen molar-refractivity contribution in [3.05, 3.63) is 0 Å². The Hall–Kier alpha value is -1.52. The fraction of sp³-hybridized carbons (Fsp3) is 0.833. The van der Waals surface area contributed by atoms with Crippen molar-refractivity contribution in [3.8, 4) is 0 Å². The molecule has 0 aromatic rings. The SMILES string of the molecule is CCC[C@@H]1C[C@@H](C(=O)NC([C@H]2O[C@H](SC)[C@H](OC(C)=O)[C@@H](OC(C)=O)[C@H]2OC(C)=O)[C@@H](C)SCCOCCSC(C)=O)N(C)C1.